The first kappa shape index (κ1) is 15.1. The molecule has 1 amide bonds. The second kappa shape index (κ2) is 6.01. The molecule has 2 rings (SSSR count). The van der Waals surface area contributed by atoms with Crippen LogP contribution in [0.5, 0.6) is 0 Å². The van der Waals surface area contributed by atoms with Crippen molar-refractivity contribution in [1.82, 2.24) is 0 Å². The molecule has 4 nitrogen and oxygen atoms in total. The minimum atomic E-state index is -1.45. The fourth-order valence-electron chi connectivity index (χ4n) is 1.64. The molecule has 0 saturated heterocycles. The Hall–Kier alpha value is -2.28. The molecule has 108 valence electrons. The summed E-state index contributed by atoms with van der Waals surface area (Å²) in [5.74, 6) is -3.61. The molecule has 2 aromatic carbocycles. The van der Waals surface area contributed by atoms with Crippen LogP contribution >= 0.6 is 15.9 Å². The second-order valence-electron chi connectivity index (χ2n) is 4.06. The number of carbonyl (C=O) groups is 2. The van der Waals surface area contributed by atoms with Gasteiger partial charge in [-0.25, -0.2) is 13.6 Å². The molecule has 0 aliphatic carbocycles. The maximum Gasteiger partial charge on any atom is 0.338 e. The van der Waals surface area contributed by atoms with E-state index in [2.05, 4.69) is 21.2 Å². The molecular weight excluding hydrogens is 348 g/mol. The van der Waals surface area contributed by atoms with E-state index in [0.717, 1.165) is 12.1 Å². The molecule has 0 aromatic heterocycles. The number of hydrogen-bond acceptors (Lipinski definition) is 2. The predicted molar refractivity (Wildman–Crippen MR) is 75.4 cm³/mol. The Morgan fingerprint density at radius 3 is 2.43 bits per heavy atom. The van der Waals surface area contributed by atoms with Crippen LogP contribution in [-0.4, -0.2) is 17.0 Å². The Morgan fingerprint density at radius 1 is 1.05 bits per heavy atom. The first-order valence-electron chi connectivity index (χ1n) is 5.68. The van der Waals surface area contributed by atoms with Crippen LogP contribution < -0.4 is 5.32 Å². The lowest BCUT2D eigenvalue weighted by Gasteiger charge is -2.08. The predicted octanol–water partition coefficient (Wildman–Crippen LogP) is 3.68. The number of amides is 1. The topological polar surface area (TPSA) is 66.4 Å². The van der Waals surface area contributed by atoms with E-state index in [9.17, 15) is 18.4 Å². The van der Waals surface area contributed by atoms with Gasteiger partial charge < -0.3 is 10.4 Å². The number of halogens is 3. The average Bonchev–Trinajstić information content (AvgIpc) is 2.43. The largest absolute Gasteiger partial charge is 0.478 e. The van der Waals surface area contributed by atoms with Crippen molar-refractivity contribution in [1.29, 1.82) is 0 Å². The molecule has 0 radical (unpaired) electrons. The summed E-state index contributed by atoms with van der Waals surface area (Å²) in [6, 6.07) is 7.07. The lowest BCUT2D eigenvalue weighted by Crippen LogP contribution is -2.14. The summed E-state index contributed by atoms with van der Waals surface area (Å²) in [5.41, 5.74) is -0.433. The van der Waals surface area contributed by atoms with Crippen molar-refractivity contribution in [2.75, 3.05) is 5.32 Å². The third-order valence-electron chi connectivity index (χ3n) is 2.65. The molecule has 0 unspecified atom stereocenters. The standard InChI is InChI=1S/C14H8BrF2NO3/c15-12-8(2-1-3-11(12)17)13(19)18-7-4-5-10(16)9(6-7)14(20)21/h1-6H,(H,18,19)(H,20,21). The van der Waals surface area contributed by atoms with Crippen molar-refractivity contribution < 1.29 is 23.5 Å². The van der Waals surface area contributed by atoms with E-state index >= 15 is 0 Å². The molecule has 0 heterocycles. The average molecular weight is 356 g/mol. The third kappa shape index (κ3) is 3.25. The smallest absolute Gasteiger partial charge is 0.338 e. The third-order valence-corrected chi connectivity index (χ3v) is 3.46. The summed E-state index contributed by atoms with van der Waals surface area (Å²) < 4.78 is 26.6. The van der Waals surface area contributed by atoms with E-state index in [-0.39, 0.29) is 15.7 Å². The monoisotopic (exact) mass is 355 g/mol. The van der Waals surface area contributed by atoms with Crippen LogP contribution in [0.2, 0.25) is 0 Å². The number of rotatable bonds is 3. The molecule has 2 aromatic rings. The summed E-state index contributed by atoms with van der Waals surface area (Å²) in [6.45, 7) is 0. The summed E-state index contributed by atoms with van der Waals surface area (Å²) in [6.07, 6.45) is 0. The van der Waals surface area contributed by atoms with Crippen molar-refractivity contribution in [2.24, 2.45) is 0 Å². The molecule has 0 spiro atoms. The van der Waals surface area contributed by atoms with Crippen LogP contribution in [0, 0.1) is 11.6 Å². The van der Waals surface area contributed by atoms with Gasteiger partial charge in [-0.05, 0) is 46.3 Å². The van der Waals surface area contributed by atoms with Gasteiger partial charge in [0.05, 0.1) is 15.6 Å². The van der Waals surface area contributed by atoms with Crippen LogP contribution in [0.25, 0.3) is 0 Å². The van der Waals surface area contributed by atoms with Crippen molar-refractivity contribution in [3.05, 3.63) is 63.6 Å². The highest BCUT2D eigenvalue weighted by molar-refractivity contribution is 9.10. The van der Waals surface area contributed by atoms with Crippen molar-refractivity contribution in [2.45, 2.75) is 0 Å². The van der Waals surface area contributed by atoms with Gasteiger partial charge in [0, 0.05) is 5.69 Å². The summed E-state index contributed by atoms with van der Waals surface area (Å²) in [5, 5.41) is 11.2. The molecule has 0 aliphatic heterocycles. The molecule has 0 atom stereocenters. The first-order valence-corrected chi connectivity index (χ1v) is 6.47. The summed E-state index contributed by atoms with van der Waals surface area (Å²) in [7, 11) is 0. The maximum atomic E-state index is 13.3. The number of carbonyl (C=O) groups excluding carboxylic acids is 1. The minimum absolute atomic E-state index is 0.0110. The SMILES string of the molecule is O=C(O)c1cc(NC(=O)c2cccc(F)c2Br)ccc1F. The maximum absolute atomic E-state index is 13.3. The number of carboxylic acids is 1. The van der Waals surface area contributed by atoms with Gasteiger partial charge in [-0.3, -0.25) is 4.79 Å². The van der Waals surface area contributed by atoms with E-state index in [0.29, 0.717) is 0 Å². The van der Waals surface area contributed by atoms with Crippen LogP contribution in [0.1, 0.15) is 20.7 Å². The number of hydrogen-bond donors (Lipinski definition) is 2. The van der Waals surface area contributed by atoms with Gasteiger partial charge in [-0.2, -0.15) is 0 Å². The van der Waals surface area contributed by atoms with Gasteiger partial charge in [-0.15, -0.1) is 0 Å². The van der Waals surface area contributed by atoms with Gasteiger partial charge in [0.15, 0.2) is 0 Å². The number of benzene rings is 2. The fourth-order valence-corrected chi connectivity index (χ4v) is 2.09. The lowest BCUT2D eigenvalue weighted by molar-refractivity contribution is 0.0691. The molecule has 21 heavy (non-hydrogen) atoms. The minimum Gasteiger partial charge on any atom is -0.478 e. The molecular formula is C14H8BrF2NO3. The van der Waals surface area contributed by atoms with Gasteiger partial charge >= 0.3 is 5.97 Å². The fraction of sp³-hybridized carbons (Fsp3) is 0. The van der Waals surface area contributed by atoms with Gasteiger partial charge in [0.25, 0.3) is 5.91 Å². The van der Waals surface area contributed by atoms with Crippen LogP contribution in [0.3, 0.4) is 0 Å². The van der Waals surface area contributed by atoms with E-state index in [1.807, 2.05) is 0 Å². The van der Waals surface area contributed by atoms with Crippen LogP contribution in [-0.2, 0) is 0 Å². The molecule has 7 heteroatoms. The van der Waals surface area contributed by atoms with E-state index in [1.54, 1.807) is 0 Å². The zero-order valence-corrected chi connectivity index (χ0v) is 11.9. The highest BCUT2D eigenvalue weighted by Crippen LogP contribution is 2.22. The Bertz CT molecular complexity index is 734. The highest BCUT2D eigenvalue weighted by atomic mass is 79.9. The van der Waals surface area contributed by atoms with Crippen LogP contribution in [0.4, 0.5) is 14.5 Å². The van der Waals surface area contributed by atoms with Gasteiger partial charge in [-0.1, -0.05) is 6.07 Å². The Labute approximate surface area is 126 Å². The first-order chi connectivity index (χ1) is 9.90. The summed E-state index contributed by atoms with van der Waals surface area (Å²) >= 11 is 2.95. The second-order valence-corrected chi connectivity index (χ2v) is 4.85. The van der Waals surface area contributed by atoms with Gasteiger partial charge in [0.2, 0.25) is 0 Å². The number of carboxylic acid groups (broad SMARTS) is 1. The molecule has 0 fully saturated rings. The molecule has 0 aliphatic rings. The van der Waals surface area contributed by atoms with Crippen molar-refractivity contribution in [3.63, 3.8) is 0 Å². The zero-order chi connectivity index (χ0) is 15.6. The highest BCUT2D eigenvalue weighted by Gasteiger charge is 2.15. The van der Waals surface area contributed by atoms with Gasteiger partial charge in [0.1, 0.15) is 11.6 Å². The van der Waals surface area contributed by atoms with E-state index < -0.39 is 29.1 Å². The van der Waals surface area contributed by atoms with Crippen LogP contribution in [0.15, 0.2) is 40.9 Å². The Balaban J connectivity index is 2.30. The van der Waals surface area contributed by atoms with Crippen molar-refractivity contribution in [3.8, 4) is 0 Å². The Morgan fingerprint density at radius 2 is 1.76 bits per heavy atom. The lowest BCUT2D eigenvalue weighted by atomic mass is 10.1. The van der Waals surface area contributed by atoms with E-state index in [1.165, 1.54) is 24.3 Å². The molecule has 0 bridgehead atoms. The van der Waals surface area contributed by atoms with Crippen molar-refractivity contribution >= 4 is 33.5 Å². The number of anilines is 1. The zero-order valence-electron chi connectivity index (χ0n) is 10.4. The molecule has 0 saturated carbocycles. The molecule has 2 N–H and O–H groups in total. The normalized spacial score (nSPS) is 10.2. The number of aromatic carboxylic acids is 1. The quantitative estimate of drug-likeness (QED) is 0.882. The number of nitrogens with one attached hydrogen (secondary N) is 1. The van der Waals surface area contributed by atoms with E-state index in [4.69, 9.17) is 5.11 Å². The Kier molecular flexibility index (Phi) is 4.32. The summed E-state index contributed by atoms with van der Waals surface area (Å²) in [4.78, 5) is 22.8.